The van der Waals surface area contributed by atoms with Crippen LogP contribution in [-0.4, -0.2) is 18.6 Å². The number of rotatable bonds is 4. The number of hydrogen-bond donors (Lipinski definition) is 1. The lowest BCUT2D eigenvalue weighted by molar-refractivity contribution is 1.23. The molecule has 1 N–H and O–H groups in total. The Morgan fingerprint density at radius 2 is 2.23 bits per heavy atom. The zero-order valence-electron chi connectivity index (χ0n) is 7.93. The van der Waals surface area contributed by atoms with Crippen LogP contribution in [0.5, 0.6) is 0 Å². The first-order valence-electron chi connectivity index (χ1n) is 4.23. The maximum atomic E-state index is 6.01. The molecule has 0 aliphatic heterocycles. The number of thioether (sulfide) groups is 1. The van der Waals surface area contributed by atoms with Crippen molar-refractivity contribution >= 4 is 29.1 Å². The Hall–Kier alpha value is -0.340. The van der Waals surface area contributed by atoms with Crippen molar-refractivity contribution in [3.8, 4) is 0 Å². The molecule has 0 aliphatic rings. The van der Waals surface area contributed by atoms with Crippen LogP contribution in [0.25, 0.3) is 0 Å². The van der Waals surface area contributed by atoms with Crippen LogP contribution in [0.3, 0.4) is 0 Å². The fourth-order valence-electron chi connectivity index (χ4n) is 1.06. The molecule has 0 fully saturated rings. The fourth-order valence-corrected chi connectivity index (χ4v) is 1.55. The minimum Gasteiger partial charge on any atom is -0.383 e. The molecule has 1 aromatic carbocycles. The van der Waals surface area contributed by atoms with Crippen molar-refractivity contribution in [2.24, 2.45) is 0 Å². The van der Waals surface area contributed by atoms with E-state index in [0.29, 0.717) is 0 Å². The van der Waals surface area contributed by atoms with Gasteiger partial charge in [0.05, 0.1) is 10.7 Å². The highest BCUT2D eigenvalue weighted by Gasteiger charge is 1.98. The van der Waals surface area contributed by atoms with Crippen molar-refractivity contribution in [3.63, 3.8) is 0 Å². The first kappa shape index (κ1) is 10.7. The van der Waals surface area contributed by atoms with Gasteiger partial charge in [-0.15, -0.1) is 0 Å². The van der Waals surface area contributed by atoms with Gasteiger partial charge >= 0.3 is 0 Å². The third-order valence-corrected chi connectivity index (χ3v) is 2.69. The van der Waals surface area contributed by atoms with Gasteiger partial charge in [-0.3, -0.25) is 0 Å². The van der Waals surface area contributed by atoms with E-state index in [9.17, 15) is 0 Å². The molecule has 0 heterocycles. The lowest BCUT2D eigenvalue weighted by Gasteiger charge is -2.07. The molecule has 72 valence electrons. The number of halogens is 1. The third kappa shape index (κ3) is 3.49. The lowest BCUT2D eigenvalue weighted by Crippen LogP contribution is -2.04. The summed E-state index contributed by atoms with van der Waals surface area (Å²) in [5.74, 6) is 1.10. The number of aryl methyl sites for hydroxylation is 1. The molecule has 0 spiro atoms. The number of nitrogens with one attached hydrogen (secondary N) is 1. The molecule has 1 rings (SSSR count). The van der Waals surface area contributed by atoms with Crippen LogP contribution in [-0.2, 0) is 0 Å². The molecule has 1 nitrogen and oxygen atoms in total. The van der Waals surface area contributed by atoms with Crippen LogP contribution in [0.15, 0.2) is 18.2 Å². The van der Waals surface area contributed by atoms with Gasteiger partial charge in [0.15, 0.2) is 0 Å². The minimum atomic E-state index is 0.798. The SMILES string of the molecule is CSCCNc1cc(C)ccc1Cl. The summed E-state index contributed by atoms with van der Waals surface area (Å²) in [6.07, 6.45) is 2.10. The van der Waals surface area contributed by atoms with Crippen molar-refractivity contribution in [1.82, 2.24) is 0 Å². The van der Waals surface area contributed by atoms with E-state index in [-0.39, 0.29) is 0 Å². The average molecular weight is 216 g/mol. The van der Waals surface area contributed by atoms with E-state index in [1.807, 2.05) is 23.9 Å². The summed E-state index contributed by atoms with van der Waals surface area (Å²) < 4.78 is 0. The van der Waals surface area contributed by atoms with Crippen LogP contribution in [0.2, 0.25) is 5.02 Å². The molecule has 0 unspecified atom stereocenters. The summed E-state index contributed by atoms with van der Waals surface area (Å²) in [6.45, 7) is 3.03. The number of benzene rings is 1. The highest BCUT2D eigenvalue weighted by Crippen LogP contribution is 2.22. The summed E-state index contributed by atoms with van der Waals surface area (Å²) in [4.78, 5) is 0. The first-order valence-corrected chi connectivity index (χ1v) is 6.00. The monoisotopic (exact) mass is 215 g/mol. The minimum absolute atomic E-state index is 0.798. The van der Waals surface area contributed by atoms with Gasteiger partial charge in [0.1, 0.15) is 0 Å². The molecule has 0 radical (unpaired) electrons. The summed E-state index contributed by atoms with van der Waals surface area (Å²) in [7, 11) is 0. The number of hydrogen-bond acceptors (Lipinski definition) is 2. The van der Waals surface area contributed by atoms with Crippen LogP contribution in [0, 0.1) is 6.92 Å². The second kappa shape index (κ2) is 5.40. The van der Waals surface area contributed by atoms with Gasteiger partial charge in [-0.2, -0.15) is 11.8 Å². The highest BCUT2D eigenvalue weighted by molar-refractivity contribution is 7.98. The summed E-state index contributed by atoms with van der Waals surface area (Å²) in [6, 6.07) is 6.02. The first-order chi connectivity index (χ1) is 6.24. The van der Waals surface area contributed by atoms with Crippen molar-refractivity contribution in [2.45, 2.75) is 6.92 Å². The highest BCUT2D eigenvalue weighted by atomic mass is 35.5. The van der Waals surface area contributed by atoms with E-state index in [1.165, 1.54) is 5.56 Å². The Kier molecular flexibility index (Phi) is 4.46. The molecule has 0 saturated carbocycles. The van der Waals surface area contributed by atoms with Gasteiger partial charge in [-0.1, -0.05) is 17.7 Å². The average Bonchev–Trinajstić information content (AvgIpc) is 2.11. The molecular formula is C10H14ClNS. The van der Waals surface area contributed by atoms with Gasteiger partial charge < -0.3 is 5.32 Å². The van der Waals surface area contributed by atoms with E-state index in [1.54, 1.807) is 0 Å². The molecule has 0 saturated heterocycles. The molecule has 0 bridgehead atoms. The van der Waals surface area contributed by atoms with Crippen molar-refractivity contribution in [2.75, 3.05) is 23.9 Å². The summed E-state index contributed by atoms with van der Waals surface area (Å²) in [5, 5.41) is 4.10. The Balaban J connectivity index is 2.59. The second-order valence-electron chi connectivity index (χ2n) is 2.90. The summed E-state index contributed by atoms with van der Waals surface area (Å²) >= 11 is 7.83. The fraction of sp³-hybridized carbons (Fsp3) is 0.400. The normalized spacial score (nSPS) is 10.1. The van der Waals surface area contributed by atoms with Crippen LogP contribution in [0.4, 0.5) is 5.69 Å². The van der Waals surface area contributed by atoms with E-state index in [0.717, 1.165) is 23.0 Å². The van der Waals surface area contributed by atoms with Gasteiger partial charge in [-0.05, 0) is 30.9 Å². The molecule has 13 heavy (non-hydrogen) atoms. The molecule has 0 amide bonds. The molecule has 0 atom stereocenters. The molecule has 0 aliphatic carbocycles. The van der Waals surface area contributed by atoms with Crippen molar-refractivity contribution in [1.29, 1.82) is 0 Å². The Bertz CT molecular complexity index is 276. The summed E-state index contributed by atoms with van der Waals surface area (Å²) in [5.41, 5.74) is 2.27. The van der Waals surface area contributed by atoms with E-state index < -0.39 is 0 Å². The van der Waals surface area contributed by atoms with Crippen LogP contribution >= 0.6 is 23.4 Å². The largest absolute Gasteiger partial charge is 0.383 e. The zero-order chi connectivity index (χ0) is 9.68. The van der Waals surface area contributed by atoms with E-state index in [2.05, 4.69) is 24.6 Å². The maximum absolute atomic E-state index is 6.01. The van der Waals surface area contributed by atoms with E-state index >= 15 is 0 Å². The van der Waals surface area contributed by atoms with Gasteiger partial charge in [0.25, 0.3) is 0 Å². The quantitative estimate of drug-likeness (QED) is 0.773. The van der Waals surface area contributed by atoms with Crippen LogP contribution < -0.4 is 5.32 Å². The molecule has 1 aromatic rings. The predicted octanol–water partition coefficient (Wildman–Crippen LogP) is 3.42. The standard InChI is InChI=1S/C10H14ClNS/c1-8-3-4-9(11)10(7-8)12-5-6-13-2/h3-4,7,12H,5-6H2,1-2H3. The molecule has 3 heteroatoms. The Labute approximate surface area is 88.9 Å². The Morgan fingerprint density at radius 1 is 1.46 bits per heavy atom. The van der Waals surface area contributed by atoms with Gasteiger partial charge in [0.2, 0.25) is 0 Å². The van der Waals surface area contributed by atoms with Crippen molar-refractivity contribution < 1.29 is 0 Å². The zero-order valence-corrected chi connectivity index (χ0v) is 9.50. The molecule has 0 aromatic heterocycles. The second-order valence-corrected chi connectivity index (χ2v) is 4.30. The van der Waals surface area contributed by atoms with Gasteiger partial charge in [0, 0.05) is 12.3 Å². The van der Waals surface area contributed by atoms with Gasteiger partial charge in [-0.25, -0.2) is 0 Å². The maximum Gasteiger partial charge on any atom is 0.0637 e. The van der Waals surface area contributed by atoms with E-state index in [4.69, 9.17) is 11.6 Å². The third-order valence-electron chi connectivity index (χ3n) is 1.74. The molecular weight excluding hydrogens is 202 g/mol. The van der Waals surface area contributed by atoms with Crippen LogP contribution in [0.1, 0.15) is 5.56 Å². The topological polar surface area (TPSA) is 12.0 Å². The lowest BCUT2D eigenvalue weighted by atomic mass is 10.2. The Morgan fingerprint density at radius 3 is 2.92 bits per heavy atom. The smallest absolute Gasteiger partial charge is 0.0637 e. The number of anilines is 1. The predicted molar refractivity (Wildman–Crippen MR) is 63.1 cm³/mol. The van der Waals surface area contributed by atoms with Crippen molar-refractivity contribution in [3.05, 3.63) is 28.8 Å².